The number of aromatic nitrogens is 2. The number of nitrogens with one attached hydrogen (secondary N) is 3. The number of hydrogen-bond acceptors (Lipinski definition) is 4. The molecule has 0 aliphatic rings. The summed E-state index contributed by atoms with van der Waals surface area (Å²) in [4.78, 5) is 4.51. The van der Waals surface area contributed by atoms with E-state index in [1.54, 1.807) is 32.3 Å². The fourth-order valence-corrected chi connectivity index (χ4v) is 3.17. The lowest BCUT2D eigenvalue weighted by Crippen LogP contribution is -2.36. The summed E-state index contributed by atoms with van der Waals surface area (Å²) >= 11 is 0. The Hall–Kier alpha value is -2.35. The van der Waals surface area contributed by atoms with Gasteiger partial charge in [0.05, 0.1) is 17.1 Å². The standard InChI is InChI=1S/C15H21N5O2S/c1-11-8-12(4-5-14(11)23(3,21)22)9-17-15(16-2)18-10-13-6-7-19-20-13/h4-8H,9-10H2,1-3H3,(H,19,20)(H2,16,17,18). The smallest absolute Gasteiger partial charge is 0.191 e. The molecule has 0 amide bonds. The Labute approximate surface area is 136 Å². The van der Waals surface area contributed by atoms with Gasteiger partial charge in [0.2, 0.25) is 0 Å². The number of aromatic amines is 1. The summed E-state index contributed by atoms with van der Waals surface area (Å²) in [6.07, 6.45) is 2.91. The molecule has 0 saturated heterocycles. The van der Waals surface area contributed by atoms with Crippen molar-refractivity contribution in [1.29, 1.82) is 0 Å². The summed E-state index contributed by atoms with van der Waals surface area (Å²) in [5.41, 5.74) is 2.69. The van der Waals surface area contributed by atoms with Gasteiger partial charge in [0, 0.05) is 26.0 Å². The average molecular weight is 335 g/mol. The van der Waals surface area contributed by atoms with E-state index in [1.807, 2.05) is 12.1 Å². The zero-order valence-corrected chi connectivity index (χ0v) is 14.2. The van der Waals surface area contributed by atoms with Crippen LogP contribution in [0.2, 0.25) is 0 Å². The summed E-state index contributed by atoms with van der Waals surface area (Å²) in [6.45, 7) is 2.93. The third-order valence-corrected chi connectivity index (χ3v) is 4.58. The van der Waals surface area contributed by atoms with Gasteiger partial charge in [-0.25, -0.2) is 8.42 Å². The number of aliphatic imine (C=N–C) groups is 1. The molecule has 23 heavy (non-hydrogen) atoms. The van der Waals surface area contributed by atoms with Crippen molar-refractivity contribution in [2.24, 2.45) is 4.99 Å². The molecule has 0 aliphatic heterocycles. The maximum atomic E-state index is 11.6. The lowest BCUT2D eigenvalue weighted by atomic mass is 10.1. The van der Waals surface area contributed by atoms with Gasteiger partial charge < -0.3 is 10.6 Å². The molecule has 2 rings (SSSR count). The minimum absolute atomic E-state index is 0.364. The van der Waals surface area contributed by atoms with Gasteiger partial charge in [0.25, 0.3) is 0 Å². The fraction of sp³-hybridized carbons (Fsp3) is 0.333. The van der Waals surface area contributed by atoms with Gasteiger partial charge in [-0.05, 0) is 30.2 Å². The van der Waals surface area contributed by atoms with Gasteiger partial charge in [-0.2, -0.15) is 5.10 Å². The highest BCUT2D eigenvalue weighted by Gasteiger charge is 2.10. The fourth-order valence-electron chi connectivity index (χ4n) is 2.21. The van der Waals surface area contributed by atoms with E-state index in [4.69, 9.17) is 0 Å². The van der Waals surface area contributed by atoms with Crippen molar-refractivity contribution < 1.29 is 8.42 Å². The van der Waals surface area contributed by atoms with Gasteiger partial charge in [0.15, 0.2) is 15.8 Å². The first-order valence-electron chi connectivity index (χ1n) is 7.12. The van der Waals surface area contributed by atoms with Crippen LogP contribution in [0.3, 0.4) is 0 Å². The van der Waals surface area contributed by atoms with Crippen LogP contribution in [0.1, 0.15) is 16.8 Å². The number of hydrogen-bond donors (Lipinski definition) is 3. The molecule has 0 aliphatic carbocycles. The molecule has 1 heterocycles. The van der Waals surface area contributed by atoms with E-state index < -0.39 is 9.84 Å². The van der Waals surface area contributed by atoms with Crippen molar-refractivity contribution in [1.82, 2.24) is 20.8 Å². The van der Waals surface area contributed by atoms with Gasteiger partial charge in [-0.3, -0.25) is 10.1 Å². The van der Waals surface area contributed by atoms with Crippen molar-refractivity contribution >= 4 is 15.8 Å². The number of nitrogens with zero attached hydrogens (tertiary/aromatic N) is 2. The summed E-state index contributed by atoms with van der Waals surface area (Å²) in [5, 5.41) is 13.1. The van der Waals surface area contributed by atoms with Gasteiger partial charge >= 0.3 is 0 Å². The van der Waals surface area contributed by atoms with E-state index in [1.165, 1.54) is 6.26 Å². The largest absolute Gasteiger partial charge is 0.352 e. The second kappa shape index (κ2) is 7.28. The molecule has 7 nitrogen and oxygen atoms in total. The number of rotatable bonds is 5. The maximum absolute atomic E-state index is 11.6. The number of H-pyrrole nitrogens is 1. The Morgan fingerprint density at radius 3 is 2.57 bits per heavy atom. The number of benzene rings is 1. The molecule has 8 heteroatoms. The Kier molecular flexibility index (Phi) is 5.38. The molecule has 0 spiro atoms. The molecule has 3 N–H and O–H groups in total. The zero-order chi connectivity index (χ0) is 16.9. The highest BCUT2D eigenvalue weighted by atomic mass is 32.2. The van der Waals surface area contributed by atoms with E-state index in [2.05, 4.69) is 25.8 Å². The Morgan fingerprint density at radius 2 is 2.00 bits per heavy atom. The van der Waals surface area contributed by atoms with E-state index in [0.29, 0.717) is 23.9 Å². The van der Waals surface area contributed by atoms with Crippen molar-refractivity contribution in [2.45, 2.75) is 24.9 Å². The summed E-state index contributed by atoms with van der Waals surface area (Å²) in [5.74, 6) is 0.657. The van der Waals surface area contributed by atoms with E-state index in [-0.39, 0.29) is 0 Å². The summed E-state index contributed by atoms with van der Waals surface area (Å²) in [6, 6.07) is 7.19. The van der Waals surface area contributed by atoms with Crippen LogP contribution in [0.15, 0.2) is 40.4 Å². The molecular formula is C15H21N5O2S. The van der Waals surface area contributed by atoms with Crippen LogP contribution in [0, 0.1) is 6.92 Å². The quantitative estimate of drug-likeness (QED) is 0.559. The van der Waals surface area contributed by atoms with Crippen molar-refractivity contribution in [3.8, 4) is 0 Å². The van der Waals surface area contributed by atoms with Crippen LogP contribution in [-0.2, 0) is 22.9 Å². The monoisotopic (exact) mass is 335 g/mol. The lowest BCUT2D eigenvalue weighted by molar-refractivity contribution is 0.601. The van der Waals surface area contributed by atoms with Crippen LogP contribution >= 0.6 is 0 Å². The molecule has 1 aromatic carbocycles. The SMILES string of the molecule is CN=C(NCc1ccc(S(C)(=O)=O)c(C)c1)NCc1ccn[nH]1. The summed E-state index contributed by atoms with van der Waals surface area (Å²) < 4.78 is 23.2. The second-order valence-electron chi connectivity index (χ2n) is 5.23. The number of guanidine groups is 1. The van der Waals surface area contributed by atoms with Gasteiger partial charge in [-0.1, -0.05) is 12.1 Å². The third kappa shape index (κ3) is 4.82. The van der Waals surface area contributed by atoms with Crippen LogP contribution in [0.25, 0.3) is 0 Å². The predicted octanol–water partition coefficient (Wildman–Crippen LogP) is 0.987. The Bertz CT molecular complexity index is 782. The molecule has 0 saturated carbocycles. The maximum Gasteiger partial charge on any atom is 0.191 e. The van der Waals surface area contributed by atoms with Crippen LogP contribution in [0.5, 0.6) is 0 Å². The second-order valence-corrected chi connectivity index (χ2v) is 7.22. The van der Waals surface area contributed by atoms with Crippen LogP contribution in [-0.4, -0.2) is 37.9 Å². The molecule has 0 unspecified atom stereocenters. The number of sulfone groups is 1. The molecule has 0 atom stereocenters. The topological polar surface area (TPSA) is 99.2 Å². The first kappa shape index (κ1) is 17.0. The molecular weight excluding hydrogens is 314 g/mol. The normalized spacial score (nSPS) is 12.2. The van der Waals surface area contributed by atoms with Gasteiger partial charge in [-0.15, -0.1) is 0 Å². The summed E-state index contributed by atoms with van der Waals surface area (Å²) in [7, 11) is -1.49. The van der Waals surface area contributed by atoms with Crippen molar-refractivity contribution in [2.75, 3.05) is 13.3 Å². The van der Waals surface area contributed by atoms with Crippen molar-refractivity contribution in [3.63, 3.8) is 0 Å². The zero-order valence-electron chi connectivity index (χ0n) is 13.4. The predicted molar refractivity (Wildman–Crippen MR) is 89.9 cm³/mol. The third-order valence-electron chi connectivity index (χ3n) is 3.33. The molecule has 0 bridgehead atoms. The van der Waals surface area contributed by atoms with Crippen molar-refractivity contribution in [3.05, 3.63) is 47.3 Å². The minimum atomic E-state index is -3.19. The highest BCUT2D eigenvalue weighted by Crippen LogP contribution is 2.16. The lowest BCUT2D eigenvalue weighted by Gasteiger charge is -2.12. The van der Waals surface area contributed by atoms with Crippen LogP contribution in [0.4, 0.5) is 0 Å². The molecule has 0 fully saturated rings. The van der Waals surface area contributed by atoms with E-state index in [9.17, 15) is 8.42 Å². The van der Waals surface area contributed by atoms with E-state index >= 15 is 0 Å². The molecule has 2 aromatic rings. The van der Waals surface area contributed by atoms with E-state index in [0.717, 1.165) is 16.8 Å². The van der Waals surface area contributed by atoms with Gasteiger partial charge in [0.1, 0.15) is 0 Å². The Balaban J connectivity index is 1.95. The highest BCUT2D eigenvalue weighted by molar-refractivity contribution is 7.90. The first-order valence-corrected chi connectivity index (χ1v) is 9.01. The first-order chi connectivity index (χ1) is 10.9. The number of aryl methyl sites for hydroxylation is 1. The van der Waals surface area contributed by atoms with Crippen LogP contribution < -0.4 is 10.6 Å². The molecule has 0 radical (unpaired) electrons. The molecule has 124 valence electrons. The average Bonchev–Trinajstić information content (AvgIpc) is 2.99. The molecule has 1 aromatic heterocycles. The Morgan fingerprint density at radius 1 is 1.26 bits per heavy atom. The minimum Gasteiger partial charge on any atom is -0.352 e.